The number of halogens is 1. The van der Waals surface area contributed by atoms with Gasteiger partial charge in [-0.3, -0.25) is 0 Å². The molecule has 6 heteroatoms. The van der Waals surface area contributed by atoms with Crippen LogP contribution in [0.25, 0.3) is 0 Å². The molecule has 1 fully saturated rings. The molecule has 0 saturated heterocycles. The predicted octanol–water partition coefficient (Wildman–Crippen LogP) is 2.46. The Labute approximate surface area is 126 Å². The highest BCUT2D eigenvalue weighted by Gasteiger charge is 2.23. The lowest BCUT2D eigenvalue weighted by molar-refractivity contribution is 0.552. The predicted molar refractivity (Wildman–Crippen MR) is 81.1 cm³/mol. The van der Waals surface area contributed by atoms with Gasteiger partial charge in [-0.1, -0.05) is 6.92 Å². The van der Waals surface area contributed by atoms with Crippen molar-refractivity contribution < 1.29 is 12.8 Å². The molecule has 0 spiro atoms. The highest BCUT2D eigenvalue weighted by atomic mass is 32.2. The molecular formula is C15H23FN2O2S. The molecule has 0 radical (unpaired) electrons. The Kier molecular flexibility index (Phi) is 5.01. The van der Waals surface area contributed by atoms with Crippen molar-refractivity contribution in [2.24, 2.45) is 0 Å². The second kappa shape index (κ2) is 6.42. The average molecular weight is 314 g/mol. The third-order valence-corrected chi connectivity index (χ3v) is 5.31. The van der Waals surface area contributed by atoms with E-state index in [0.29, 0.717) is 30.1 Å². The van der Waals surface area contributed by atoms with Gasteiger partial charge < -0.3 is 5.32 Å². The van der Waals surface area contributed by atoms with Crippen LogP contribution in [0.1, 0.15) is 44.2 Å². The van der Waals surface area contributed by atoms with Crippen molar-refractivity contribution in [1.29, 1.82) is 0 Å². The lowest BCUT2D eigenvalue weighted by atomic mass is 10.1. The molecule has 1 aliphatic rings. The Balaban J connectivity index is 2.26. The highest BCUT2D eigenvalue weighted by molar-refractivity contribution is 7.89. The highest BCUT2D eigenvalue weighted by Crippen LogP contribution is 2.23. The van der Waals surface area contributed by atoms with Crippen LogP contribution in [-0.2, 0) is 16.6 Å². The van der Waals surface area contributed by atoms with Gasteiger partial charge in [-0.05, 0) is 50.8 Å². The summed E-state index contributed by atoms with van der Waals surface area (Å²) in [6.45, 7) is 5.68. The van der Waals surface area contributed by atoms with Gasteiger partial charge in [0.05, 0.1) is 4.90 Å². The van der Waals surface area contributed by atoms with E-state index in [1.54, 1.807) is 6.92 Å². The number of nitrogens with one attached hydrogen (secondary N) is 2. The summed E-state index contributed by atoms with van der Waals surface area (Å²) in [7, 11) is -3.60. The Hall–Kier alpha value is -0.980. The van der Waals surface area contributed by atoms with Crippen LogP contribution >= 0.6 is 0 Å². The van der Waals surface area contributed by atoms with Gasteiger partial charge in [-0.2, -0.15) is 0 Å². The zero-order chi connectivity index (χ0) is 15.6. The van der Waals surface area contributed by atoms with E-state index in [9.17, 15) is 12.8 Å². The van der Waals surface area contributed by atoms with Crippen molar-refractivity contribution in [1.82, 2.24) is 10.0 Å². The second-order valence-electron chi connectivity index (χ2n) is 5.80. The summed E-state index contributed by atoms with van der Waals surface area (Å²) in [5.74, 6) is -0.328. The number of hydrogen-bond donors (Lipinski definition) is 2. The molecule has 118 valence electrons. The summed E-state index contributed by atoms with van der Waals surface area (Å²) in [5.41, 5.74) is 0.765. The van der Waals surface area contributed by atoms with Gasteiger partial charge in [-0.15, -0.1) is 0 Å². The van der Waals surface area contributed by atoms with Crippen molar-refractivity contribution in [3.8, 4) is 0 Å². The van der Waals surface area contributed by atoms with E-state index in [0.717, 1.165) is 12.8 Å². The third kappa shape index (κ3) is 4.25. The van der Waals surface area contributed by atoms with E-state index >= 15 is 0 Å². The summed E-state index contributed by atoms with van der Waals surface area (Å²) < 4.78 is 41.3. The van der Waals surface area contributed by atoms with Crippen LogP contribution in [0.2, 0.25) is 0 Å². The lowest BCUT2D eigenvalue weighted by Crippen LogP contribution is -2.32. The summed E-state index contributed by atoms with van der Waals surface area (Å²) in [6.07, 6.45) is 2.91. The molecule has 1 unspecified atom stereocenters. The first kappa shape index (κ1) is 16.4. The molecule has 0 aliphatic heterocycles. The van der Waals surface area contributed by atoms with Crippen LogP contribution in [0.3, 0.4) is 0 Å². The fourth-order valence-corrected chi connectivity index (χ4v) is 3.51. The third-order valence-electron chi connectivity index (χ3n) is 3.74. The summed E-state index contributed by atoms with van der Waals surface area (Å²) in [5, 5.41) is 3.22. The molecule has 4 nitrogen and oxygen atoms in total. The SMILES string of the molecule is CCC(C)NS(=O)(=O)c1cc(C)c(F)c(CNC2CC2)c1. The molecule has 1 aromatic carbocycles. The van der Waals surface area contributed by atoms with Gasteiger partial charge in [0.2, 0.25) is 10.0 Å². The Morgan fingerprint density at radius 2 is 2.05 bits per heavy atom. The van der Waals surface area contributed by atoms with E-state index in [1.807, 2.05) is 13.8 Å². The lowest BCUT2D eigenvalue weighted by Gasteiger charge is -2.14. The zero-order valence-electron chi connectivity index (χ0n) is 12.7. The normalized spacial score (nSPS) is 17.0. The van der Waals surface area contributed by atoms with Gasteiger partial charge >= 0.3 is 0 Å². The van der Waals surface area contributed by atoms with Crippen LogP contribution in [0.15, 0.2) is 17.0 Å². The summed E-state index contributed by atoms with van der Waals surface area (Å²) in [4.78, 5) is 0.134. The Morgan fingerprint density at radius 1 is 1.38 bits per heavy atom. The van der Waals surface area contributed by atoms with E-state index in [4.69, 9.17) is 0 Å². The van der Waals surface area contributed by atoms with Crippen LogP contribution in [0.4, 0.5) is 4.39 Å². The number of aryl methyl sites for hydroxylation is 1. The van der Waals surface area contributed by atoms with Crippen molar-refractivity contribution in [2.45, 2.75) is 63.6 Å². The van der Waals surface area contributed by atoms with Crippen molar-refractivity contribution in [3.63, 3.8) is 0 Å². The minimum absolute atomic E-state index is 0.134. The van der Waals surface area contributed by atoms with Crippen molar-refractivity contribution in [3.05, 3.63) is 29.1 Å². The quantitative estimate of drug-likeness (QED) is 0.813. The Bertz CT molecular complexity index is 612. The van der Waals surface area contributed by atoms with E-state index in [2.05, 4.69) is 10.0 Å². The van der Waals surface area contributed by atoms with Gasteiger partial charge in [0.25, 0.3) is 0 Å². The van der Waals surface area contributed by atoms with E-state index in [1.165, 1.54) is 12.1 Å². The molecule has 1 saturated carbocycles. The first-order valence-electron chi connectivity index (χ1n) is 7.38. The van der Waals surface area contributed by atoms with E-state index in [-0.39, 0.29) is 16.8 Å². The maximum Gasteiger partial charge on any atom is 0.240 e. The standard InChI is InChI=1S/C15H23FN2O2S/c1-4-11(3)18-21(19,20)14-7-10(2)15(16)12(8-14)9-17-13-5-6-13/h7-8,11,13,17-18H,4-6,9H2,1-3H3. The molecule has 1 aromatic rings. The summed E-state index contributed by atoms with van der Waals surface area (Å²) in [6, 6.07) is 3.12. The summed E-state index contributed by atoms with van der Waals surface area (Å²) >= 11 is 0. The first-order valence-corrected chi connectivity index (χ1v) is 8.86. The number of benzene rings is 1. The average Bonchev–Trinajstić information content (AvgIpc) is 3.23. The Morgan fingerprint density at radius 3 is 2.62 bits per heavy atom. The second-order valence-corrected chi connectivity index (χ2v) is 7.51. The fraction of sp³-hybridized carbons (Fsp3) is 0.600. The fourth-order valence-electron chi connectivity index (χ4n) is 2.05. The molecular weight excluding hydrogens is 291 g/mol. The monoisotopic (exact) mass is 314 g/mol. The smallest absolute Gasteiger partial charge is 0.240 e. The van der Waals surface area contributed by atoms with Gasteiger partial charge in [0.1, 0.15) is 5.82 Å². The number of rotatable bonds is 7. The molecule has 0 bridgehead atoms. The van der Waals surface area contributed by atoms with Crippen molar-refractivity contribution >= 4 is 10.0 Å². The van der Waals surface area contributed by atoms with Crippen LogP contribution in [0.5, 0.6) is 0 Å². The maximum atomic E-state index is 14.1. The number of sulfonamides is 1. The topological polar surface area (TPSA) is 58.2 Å². The van der Waals surface area contributed by atoms with Crippen LogP contribution < -0.4 is 10.0 Å². The minimum atomic E-state index is -3.60. The molecule has 1 aliphatic carbocycles. The molecule has 1 atom stereocenters. The molecule has 21 heavy (non-hydrogen) atoms. The van der Waals surface area contributed by atoms with Crippen LogP contribution in [-0.4, -0.2) is 20.5 Å². The molecule has 2 rings (SSSR count). The van der Waals surface area contributed by atoms with E-state index < -0.39 is 10.0 Å². The zero-order valence-corrected chi connectivity index (χ0v) is 13.6. The molecule has 2 N–H and O–H groups in total. The van der Waals surface area contributed by atoms with Gasteiger partial charge in [0.15, 0.2) is 0 Å². The molecule has 0 amide bonds. The van der Waals surface area contributed by atoms with Crippen molar-refractivity contribution in [2.75, 3.05) is 0 Å². The number of hydrogen-bond acceptors (Lipinski definition) is 3. The molecule has 0 heterocycles. The van der Waals surface area contributed by atoms with Gasteiger partial charge in [0, 0.05) is 24.2 Å². The minimum Gasteiger partial charge on any atom is -0.310 e. The van der Waals surface area contributed by atoms with Crippen LogP contribution in [0, 0.1) is 12.7 Å². The largest absolute Gasteiger partial charge is 0.310 e. The van der Waals surface area contributed by atoms with Gasteiger partial charge in [-0.25, -0.2) is 17.5 Å². The maximum absolute atomic E-state index is 14.1. The first-order chi connectivity index (χ1) is 9.83. The molecule has 0 aromatic heterocycles.